The maximum atomic E-state index is 13.2. The zero-order valence-corrected chi connectivity index (χ0v) is 16.1. The van der Waals surface area contributed by atoms with Crippen LogP contribution in [0.4, 0.5) is 4.39 Å². The lowest BCUT2D eigenvalue weighted by atomic mass is 10.3. The summed E-state index contributed by atoms with van der Waals surface area (Å²) in [6.07, 6.45) is 2.69. The number of hydrogen-bond donors (Lipinski definition) is 0. The zero-order chi connectivity index (χ0) is 21.1. The van der Waals surface area contributed by atoms with Gasteiger partial charge in [0.15, 0.2) is 28.5 Å². The Morgan fingerprint density at radius 1 is 0.931 bits per heavy atom. The van der Waals surface area contributed by atoms with Crippen molar-refractivity contribution in [2.45, 2.75) is 13.8 Å². The third kappa shape index (κ3) is 3.88. The summed E-state index contributed by atoms with van der Waals surface area (Å²) in [6.45, 7) is 3.56. The highest BCUT2D eigenvalue weighted by molar-refractivity contribution is 5.88. The second-order valence-corrected chi connectivity index (χ2v) is 5.88. The monoisotopic (exact) mass is 400 g/mol. The van der Waals surface area contributed by atoms with Crippen LogP contribution in [0.5, 0.6) is 0 Å². The van der Waals surface area contributed by atoms with Gasteiger partial charge in [-0.15, -0.1) is 0 Å². The number of rotatable bonds is 2. The second kappa shape index (κ2) is 8.00. The van der Waals surface area contributed by atoms with E-state index >= 15 is 0 Å². The van der Waals surface area contributed by atoms with Crippen LogP contribution < -0.4 is 0 Å². The molecule has 0 N–H and O–H groups in total. The second-order valence-electron chi connectivity index (χ2n) is 5.88. The van der Waals surface area contributed by atoms with Crippen molar-refractivity contribution >= 4 is 23.2 Å². The third-order valence-corrected chi connectivity index (χ3v) is 3.93. The van der Waals surface area contributed by atoms with Gasteiger partial charge in [-0.05, 0) is 26.0 Å². The number of esters is 2. The molecule has 0 amide bonds. The Bertz CT molecular complexity index is 1220. The van der Waals surface area contributed by atoms with E-state index in [2.05, 4.69) is 29.6 Å². The lowest BCUT2D eigenvalue weighted by molar-refractivity contribution is 0.0585. The maximum absolute atomic E-state index is 13.2. The number of carbonyl (C=O) groups is 2. The fourth-order valence-corrected chi connectivity index (χ4v) is 2.57. The van der Waals surface area contributed by atoms with E-state index in [0.29, 0.717) is 17.0 Å². The third-order valence-electron chi connectivity index (χ3n) is 3.93. The molecule has 4 aromatic rings. The number of halogens is 1. The number of ether oxygens (including phenoxy) is 2. The van der Waals surface area contributed by atoms with Gasteiger partial charge in [0.2, 0.25) is 0 Å². The minimum atomic E-state index is -0.596. The molecule has 0 aliphatic carbocycles. The first-order valence-electron chi connectivity index (χ1n) is 8.34. The Balaban J connectivity index is 0.000000166. The SMILES string of the molecule is COC(=O)c1cc(C)n2ncc(F)c2n1.COC(=O)c1cc(C)n2nccc2n1. The molecule has 4 heterocycles. The molecule has 10 nitrogen and oxygen atoms in total. The Morgan fingerprint density at radius 3 is 2.14 bits per heavy atom. The van der Waals surface area contributed by atoms with Crippen LogP contribution in [0.15, 0.2) is 30.6 Å². The molecule has 0 bridgehead atoms. The van der Waals surface area contributed by atoms with E-state index in [1.54, 1.807) is 29.8 Å². The first-order valence-corrected chi connectivity index (χ1v) is 8.34. The van der Waals surface area contributed by atoms with Crippen molar-refractivity contribution < 1.29 is 23.5 Å². The van der Waals surface area contributed by atoms with Gasteiger partial charge in [0, 0.05) is 17.5 Å². The van der Waals surface area contributed by atoms with Gasteiger partial charge in [0.1, 0.15) is 0 Å². The minimum absolute atomic E-state index is 0.0235. The van der Waals surface area contributed by atoms with Crippen molar-refractivity contribution in [1.82, 2.24) is 29.2 Å². The molecule has 0 spiro atoms. The van der Waals surface area contributed by atoms with E-state index in [4.69, 9.17) is 0 Å². The van der Waals surface area contributed by atoms with E-state index in [1.165, 1.54) is 24.8 Å². The average Bonchev–Trinajstić information content (AvgIpc) is 3.34. The standard InChI is InChI=1S/C9H8FN3O2.C9H9N3O2/c1-5-3-7(9(14)15-2)12-8-6(10)4-11-13(5)8;1-6-5-7(9(13)14-2)11-8-3-4-10-12(6)8/h3-4H,1-2H3;3-5H,1-2H3. The Kier molecular flexibility index (Phi) is 5.48. The van der Waals surface area contributed by atoms with Gasteiger partial charge in [-0.1, -0.05) is 0 Å². The summed E-state index contributed by atoms with van der Waals surface area (Å²) < 4.78 is 25.2. The number of fused-ring (bicyclic) bond motifs is 2. The van der Waals surface area contributed by atoms with Crippen LogP contribution in [0.3, 0.4) is 0 Å². The van der Waals surface area contributed by atoms with Crippen LogP contribution in [-0.2, 0) is 9.47 Å². The zero-order valence-electron chi connectivity index (χ0n) is 16.1. The molecule has 0 aliphatic heterocycles. The maximum Gasteiger partial charge on any atom is 0.356 e. The Morgan fingerprint density at radius 2 is 1.52 bits per heavy atom. The molecule has 0 aliphatic rings. The lowest BCUT2D eigenvalue weighted by Crippen LogP contribution is -2.08. The summed E-state index contributed by atoms with van der Waals surface area (Å²) in [4.78, 5) is 30.3. The first-order chi connectivity index (χ1) is 13.8. The smallest absolute Gasteiger partial charge is 0.356 e. The van der Waals surface area contributed by atoms with E-state index in [0.717, 1.165) is 11.9 Å². The fourth-order valence-electron chi connectivity index (χ4n) is 2.57. The van der Waals surface area contributed by atoms with E-state index < -0.39 is 17.8 Å². The molecule has 29 heavy (non-hydrogen) atoms. The van der Waals surface area contributed by atoms with Gasteiger partial charge in [-0.2, -0.15) is 10.2 Å². The summed E-state index contributed by atoms with van der Waals surface area (Å²) in [5.41, 5.74) is 2.51. The van der Waals surface area contributed by atoms with E-state index in [9.17, 15) is 14.0 Å². The molecule has 11 heteroatoms. The van der Waals surface area contributed by atoms with Crippen LogP contribution in [0.2, 0.25) is 0 Å². The molecule has 0 unspecified atom stereocenters. The molecule has 0 saturated carbocycles. The Labute approximate surface area is 163 Å². The minimum Gasteiger partial charge on any atom is -0.464 e. The number of carbonyl (C=O) groups excluding carboxylic acids is 2. The number of aromatic nitrogens is 6. The summed E-state index contributed by atoms with van der Waals surface area (Å²) in [5.74, 6) is -1.60. The highest BCUT2D eigenvalue weighted by Gasteiger charge is 2.14. The molecule has 0 saturated heterocycles. The van der Waals surface area contributed by atoms with Gasteiger partial charge < -0.3 is 9.47 Å². The van der Waals surface area contributed by atoms with Gasteiger partial charge in [0.05, 0.1) is 26.6 Å². The highest BCUT2D eigenvalue weighted by Crippen LogP contribution is 2.11. The molecule has 0 aromatic carbocycles. The molecule has 0 radical (unpaired) electrons. The van der Waals surface area contributed by atoms with Crippen molar-refractivity contribution in [3.8, 4) is 0 Å². The summed E-state index contributed by atoms with van der Waals surface area (Å²) in [7, 11) is 2.58. The lowest BCUT2D eigenvalue weighted by Gasteiger charge is -2.02. The average molecular weight is 400 g/mol. The first kappa shape index (κ1) is 19.9. The summed E-state index contributed by atoms with van der Waals surface area (Å²) >= 11 is 0. The topological polar surface area (TPSA) is 113 Å². The molecule has 4 aromatic heterocycles. The number of nitrogens with zero attached hydrogens (tertiary/aromatic N) is 6. The van der Waals surface area contributed by atoms with E-state index in [-0.39, 0.29) is 11.3 Å². The molecule has 0 atom stereocenters. The van der Waals surface area contributed by atoms with E-state index in [1.807, 2.05) is 6.92 Å². The molecule has 150 valence electrons. The van der Waals surface area contributed by atoms with Gasteiger partial charge in [-0.3, -0.25) is 0 Å². The van der Waals surface area contributed by atoms with Gasteiger partial charge >= 0.3 is 11.9 Å². The molecular formula is C18H17FN6O4. The van der Waals surface area contributed by atoms with Crippen molar-refractivity contribution in [2.24, 2.45) is 0 Å². The van der Waals surface area contributed by atoms with Crippen molar-refractivity contribution in [2.75, 3.05) is 14.2 Å². The number of aryl methyl sites for hydroxylation is 2. The number of methoxy groups -OCH3 is 2. The quantitative estimate of drug-likeness (QED) is 0.468. The van der Waals surface area contributed by atoms with Crippen molar-refractivity contribution in [3.05, 3.63) is 59.2 Å². The van der Waals surface area contributed by atoms with Gasteiger partial charge in [-0.25, -0.2) is 33.0 Å². The predicted molar refractivity (Wildman–Crippen MR) is 98.1 cm³/mol. The Hall–Kier alpha value is -3.89. The van der Waals surface area contributed by atoms with Crippen molar-refractivity contribution in [1.29, 1.82) is 0 Å². The molecular weight excluding hydrogens is 383 g/mol. The fraction of sp³-hybridized carbons (Fsp3) is 0.222. The van der Waals surface area contributed by atoms with Crippen LogP contribution in [0.1, 0.15) is 32.4 Å². The van der Waals surface area contributed by atoms with Gasteiger partial charge in [0.25, 0.3) is 0 Å². The summed E-state index contributed by atoms with van der Waals surface area (Å²) in [5, 5.41) is 7.82. The summed E-state index contributed by atoms with van der Waals surface area (Å²) in [6, 6.07) is 4.87. The molecule has 4 rings (SSSR count). The highest BCUT2D eigenvalue weighted by atomic mass is 19.1. The van der Waals surface area contributed by atoms with Crippen molar-refractivity contribution in [3.63, 3.8) is 0 Å². The van der Waals surface area contributed by atoms with Crippen LogP contribution in [-0.4, -0.2) is 55.4 Å². The van der Waals surface area contributed by atoms with Crippen LogP contribution in [0, 0.1) is 19.7 Å². The van der Waals surface area contributed by atoms with Crippen LogP contribution in [0.25, 0.3) is 11.3 Å². The molecule has 0 fully saturated rings. The normalized spacial score (nSPS) is 10.5. The largest absolute Gasteiger partial charge is 0.464 e. The predicted octanol–water partition coefficient (Wildman–Crippen LogP) is 1.79. The van der Waals surface area contributed by atoms with Crippen LogP contribution >= 0.6 is 0 Å². The number of hydrogen-bond acceptors (Lipinski definition) is 8.